The van der Waals surface area contributed by atoms with E-state index in [1.807, 2.05) is 23.9 Å². The normalized spacial score (nSPS) is 12.9. The topological polar surface area (TPSA) is 36.7 Å². The maximum absolute atomic E-state index is 12.8. The quantitative estimate of drug-likeness (QED) is 0.736. The van der Waals surface area contributed by atoms with E-state index in [0.717, 1.165) is 16.6 Å². The summed E-state index contributed by atoms with van der Waals surface area (Å²) in [5, 5.41) is 4.18. The first-order valence-corrected chi connectivity index (χ1v) is 7.09. The number of para-hydroxylation sites is 1. The van der Waals surface area contributed by atoms with Crippen molar-refractivity contribution < 1.29 is 4.68 Å². The summed E-state index contributed by atoms with van der Waals surface area (Å²) in [5.41, 5.74) is 2.85. The van der Waals surface area contributed by atoms with Gasteiger partial charge in [0, 0.05) is 0 Å². The van der Waals surface area contributed by atoms with E-state index >= 15 is 0 Å². The molecule has 1 aromatic heterocycles. The van der Waals surface area contributed by atoms with Crippen molar-refractivity contribution in [3.05, 3.63) is 39.7 Å². The Hall–Kier alpha value is -1.64. The van der Waals surface area contributed by atoms with E-state index in [9.17, 15) is 4.79 Å². The Kier molecular flexibility index (Phi) is 3.28. The van der Waals surface area contributed by atoms with Crippen LogP contribution in [0.25, 0.3) is 10.9 Å². The molecule has 0 fully saturated rings. The number of fused-ring (bicyclic) bond motifs is 1. The van der Waals surface area contributed by atoms with E-state index < -0.39 is 0 Å². The minimum atomic E-state index is -0.186. The number of nitrogens with one attached hydrogen (secondary N) is 1. The second-order valence-corrected chi connectivity index (χ2v) is 7.58. The zero-order valence-corrected chi connectivity index (χ0v) is 13.6. The van der Waals surface area contributed by atoms with Crippen molar-refractivity contribution in [1.82, 2.24) is 5.10 Å². The van der Waals surface area contributed by atoms with Gasteiger partial charge in [0.1, 0.15) is 5.52 Å². The molecule has 0 bridgehead atoms. The Morgan fingerprint density at radius 1 is 1.00 bits per heavy atom. The number of H-pyrrole nitrogens is 1. The molecule has 0 saturated carbocycles. The summed E-state index contributed by atoms with van der Waals surface area (Å²) in [4.78, 5) is 12.8. The second kappa shape index (κ2) is 4.44. The van der Waals surface area contributed by atoms with Crippen LogP contribution in [-0.4, -0.2) is 5.10 Å². The molecule has 2 rings (SSSR count). The number of aromatic nitrogens is 2. The predicted octanol–water partition coefficient (Wildman–Crippen LogP) is 2.95. The monoisotopic (exact) mass is 273 g/mol. The summed E-state index contributed by atoms with van der Waals surface area (Å²) < 4.78 is 1.87. The average molecular weight is 273 g/mol. The maximum Gasteiger partial charge on any atom is 0.258 e. The van der Waals surface area contributed by atoms with Gasteiger partial charge in [0.05, 0.1) is 10.8 Å². The third-order valence-electron chi connectivity index (χ3n) is 3.66. The summed E-state index contributed by atoms with van der Waals surface area (Å²) in [6, 6.07) is 5.98. The number of benzene rings is 1. The van der Waals surface area contributed by atoms with Crippen molar-refractivity contribution in [1.29, 1.82) is 0 Å². The van der Waals surface area contributed by atoms with Crippen LogP contribution in [0.2, 0.25) is 0 Å². The molecule has 0 atom stereocenters. The minimum absolute atomic E-state index is 0.00129. The van der Waals surface area contributed by atoms with Gasteiger partial charge in [-0.2, -0.15) is 5.10 Å². The standard InChI is InChI=1S/C17H24N2O/c1-16(2,3)12-10-8-9-11-13(12)18-19(7)15(14(11)20)17(4,5)6/h8-10H,1-7H3/p+1. The van der Waals surface area contributed by atoms with E-state index in [0.29, 0.717) is 0 Å². The summed E-state index contributed by atoms with van der Waals surface area (Å²) in [6.45, 7) is 12.7. The second-order valence-electron chi connectivity index (χ2n) is 7.58. The first kappa shape index (κ1) is 14.8. The third kappa shape index (κ3) is 2.37. The first-order chi connectivity index (χ1) is 9.03. The molecule has 3 heteroatoms. The van der Waals surface area contributed by atoms with Gasteiger partial charge in [-0.25, -0.2) is 0 Å². The molecule has 0 amide bonds. The van der Waals surface area contributed by atoms with E-state index in [-0.39, 0.29) is 16.3 Å². The number of rotatable bonds is 0. The molecular formula is C17H25N2O+. The molecule has 0 spiro atoms. The van der Waals surface area contributed by atoms with Crippen LogP contribution in [0.4, 0.5) is 0 Å². The molecule has 0 unspecified atom stereocenters. The smallest absolute Gasteiger partial charge is 0.258 e. The van der Waals surface area contributed by atoms with Crippen LogP contribution in [0.15, 0.2) is 23.0 Å². The molecule has 2 aromatic rings. The Labute approximate surface area is 120 Å². The highest BCUT2D eigenvalue weighted by Crippen LogP contribution is 2.27. The van der Waals surface area contributed by atoms with Crippen molar-refractivity contribution in [2.24, 2.45) is 7.05 Å². The highest BCUT2D eigenvalue weighted by Gasteiger charge is 2.31. The molecule has 108 valence electrons. The molecule has 0 aliphatic carbocycles. The van der Waals surface area contributed by atoms with Crippen LogP contribution in [0, 0.1) is 0 Å². The zero-order chi connectivity index (χ0) is 15.3. The fourth-order valence-corrected chi connectivity index (χ4v) is 2.83. The highest BCUT2D eigenvalue weighted by molar-refractivity contribution is 5.82. The van der Waals surface area contributed by atoms with Gasteiger partial charge in [0.15, 0.2) is 7.05 Å². The maximum atomic E-state index is 12.8. The third-order valence-corrected chi connectivity index (χ3v) is 3.66. The lowest BCUT2D eigenvalue weighted by atomic mass is 9.84. The van der Waals surface area contributed by atoms with Gasteiger partial charge in [0.25, 0.3) is 11.1 Å². The average Bonchev–Trinajstić information content (AvgIpc) is 2.24. The predicted molar refractivity (Wildman–Crippen MR) is 83.1 cm³/mol. The van der Waals surface area contributed by atoms with Crippen molar-refractivity contribution in [2.45, 2.75) is 52.4 Å². The molecule has 0 saturated heterocycles. The molecule has 1 heterocycles. The van der Waals surface area contributed by atoms with Gasteiger partial charge < -0.3 is 0 Å². The van der Waals surface area contributed by atoms with E-state index in [1.165, 1.54) is 5.56 Å². The Morgan fingerprint density at radius 2 is 1.60 bits per heavy atom. The molecule has 20 heavy (non-hydrogen) atoms. The first-order valence-electron chi connectivity index (χ1n) is 7.09. The number of hydrogen-bond acceptors (Lipinski definition) is 1. The molecule has 0 radical (unpaired) electrons. The van der Waals surface area contributed by atoms with Crippen molar-refractivity contribution in [2.75, 3.05) is 0 Å². The van der Waals surface area contributed by atoms with Gasteiger partial charge in [-0.05, 0) is 37.8 Å². The number of hydrogen-bond donors (Lipinski definition) is 1. The van der Waals surface area contributed by atoms with Crippen LogP contribution in [0.5, 0.6) is 0 Å². The Morgan fingerprint density at radius 3 is 2.10 bits per heavy atom. The van der Waals surface area contributed by atoms with Crippen molar-refractivity contribution in [3.63, 3.8) is 0 Å². The summed E-state index contributed by atoms with van der Waals surface area (Å²) in [6.07, 6.45) is 0. The van der Waals surface area contributed by atoms with E-state index in [1.54, 1.807) is 0 Å². The summed E-state index contributed by atoms with van der Waals surface area (Å²) in [7, 11) is 1.92. The molecule has 0 aliphatic heterocycles. The van der Waals surface area contributed by atoms with Crippen LogP contribution in [-0.2, 0) is 17.9 Å². The van der Waals surface area contributed by atoms with Crippen molar-refractivity contribution >= 4 is 10.9 Å². The molecule has 1 aromatic carbocycles. The van der Waals surface area contributed by atoms with Crippen LogP contribution >= 0.6 is 0 Å². The molecule has 1 N–H and O–H groups in total. The Balaban J connectivity index is 2.95. The highest BCUT2D eigenvalue weighted by atomic mass is 16.1. The number of aryl methyl sites for hydroxylation is 1. The lowest BCUT2D eigenvalue weighted by Crippen LogP contribution is -2.49. The van der Waals surface area contributed by atoms with Crippen LogP contribution in [0.3, 0.4) is 0 Å². The van der Waals surface area contributed by atoms with Crippen LogP contribution < -0.4 is 10.1 Å². The lowest BCUT2D eigenvalue weighted by Gasteiger charge is -2.21. The van der Waals surface area contributed by atoms with Gasteiger partial charge in [-0.15, -0.1) is 4.68 Å². The lowest BCUT2D eigenvalue weighted by molar-refractivity contribution is -0.739. The Bertz CT molecular complexity index is 713. The fourth-order valence-electron chi connectivity index (χ4n) is 2.83. The van der Waals surface area contributed by atoms with Gasteiger partial charge in [-0.1, -0.05) is 32.9 Å². The van der Waals surface area contributed by atoms with Crippen molar-refractivity contribution in [3.8, 4) is 0 Å². The van der Waals surface area contributed by atoms with Gasteiger partial charge in [0.2, 0.25) is 0 Å². The molecule has 0 aliphatic rings. The molecular weight excluding hydrogens is 248 g/mol. The SMILES string of the molecule is C[n+]1[nH]c2c(C(C)(C)C)cccc2c(=O)c1C(C)(C)C. The summed E-state index contributed by atoms with van der Waals surface area (Å²) >= 11 is 0. The van der Waals surface area contributed by atoms with Crippen LogP contribution in [0.1, 0.15) is 52.8 Å². The molecule has 3 nitrogen and oxygen atoms in total. The number of nitrogens with zero attached hydrogens (tertiary/aromatic N) is 1. The van der Waals surface area contributed by atoms with E-state index in [2.05, 4.69) is 52.7 Å². The minimum Gasteiger partial charge on any atom is -0.282 e. The number of aromatic amines is 1. The summed E-state index contributed by atoms with van der Waals surface area (Å²) in [5.74, 6) is 0. The van der Waals surface area contributed by atoms with E-state index in [4.69, 9.17) is 0 Å². The largest absolute Gasteiger partial charge is 0.282 e. The van der Waals surface area contributed by atoms with Gasteiger partial charge in [-0.3, -0.25) is 4.79 Å². The van der Waals surface area contributed by atoms with Gasteiger partial charge >= 0.3 is 0 Å². The zero-order valence-electron chi connectivity index (χ0n) is 13.6. The fraction of sp³-hybridized carbons (Fsp3) is 0.529.